The van der Waals surface area contributed by atoms with Crippen molar-refractivity contribution >= 4 is 31.9 Å². The average molecular weight is 386 g/mol. The highest BCUT2D eigenvalue weighted by atomic mass is 79.9. The highest BCUT2D eigenvalue weighted by molar-refractivity contribution is 9.10. The molecular formula is C13H12BrN3O4S. The van der Waals surface area contributed by atoms with E-state index in [9.17, 15) is 13.2 Å². The van der Waals surface area contributed by atoms with Gasteiger partial charge in [0, 0.05) is 10.7 Å². The maximum atomic E-state index is 12.3. The maximum absolute atomic E-state index is 12.3. The molecule has 0 saturated heterocycles. The number of carbonyl (C=O) groups is 1. The molecule has 9 heteroatoms. The summed E-state index contributed by atoms with van der Waals surface area (Å²) in [5, 5.41) is 0. The number of hydrazine groups is 1. The molecule has 0 radical (unpaired) electrons. The summed E-state index contributed by atoms with van der Waals surface area (Å²) < 4.78 is 30.1. The van der Waals surface area contributed by atoms with Crippen LogP contribution in [0.3, 0.4) is 0 Å². The smallest absolute Gasteiger partial charge is 0.284 e. The van der Waals surface area contributed by atoms with E-state index in [2.05, 4.69) is 26.3 Å². The fraction of sp³-hybridized carbons (Fsp3) is 0.0769. The van der Waals surface area contributed by atoms with Gasteiger partial charge in [-0.3, -0.25) is 15.2 Å². The fourth-order valence-electron chi connectivity index (χ4n) is 1.59. The van der Waals surface area contributed by atoms with Gasteiger partial charge in [0.25, 0.3) is 15.9 Å². The monoisotopic (exact) mass is 385 g/mol. The van der Waals surface area contributed by atoms with E-state index in [0.29, 0.717) is 4.47 Å². The molecule has 22 heavy (non-hydrogen) atoms. The molecule has 0 unspecified atom stereocenters. The third-order valence-electron chi connectivity index (χ3n) is 2.61. The van der Waals surface area contributed by atoms with Crippen LogP contribution in [-0.4, -0.2) is 26.4 Å². The van der Waals surface area contributed by atoms with Crippen molar-refractivity contribution < 1.29 is 17.9 Å². The van der Waals surface area contributed by atoms with Crippen LogP contribution in [0.25, 0.3) is 0 Å². The SMILES string of the molecule is COc1ccc(Br)cc1S(=O)(=O)NNC(=O)c1ccccn1. The molecule has 2 rings (SSSR count). The summed E-state index contributed by atoms with van der Waals surface area (Å²) in [7, 11) is -2.64. The van der Waals surface area contributed by atoms with Crippen molar-refractivity contribution in [2.24, 2.45) is 0 Å². The number of carbonyl (C=O) groups excluding carboxylic acids is 1. The van der Waals surface area contributed by atoms with E-state index >= 15 is 0 Å². The van der Waals surface area contributed by atoms with Crippen molar-refractivity contribution in [1.82, 2.24) is 15.2 Å². The van der Waals surface area contributed by atoms with Crippen LogP contribution in [-0.2, 0) is 10.0 Å². The molecule has 0 aliphatic carbocycles. The number of halogens is 1. The Labute approximate surface area is 135 Å². The lowest BCUT2D eigenvalue weighted by Crippen LogP contribution is -2.41. The third-order valence-corrected chi connectivity index (χ3v) is 4.37. The van der Waals surface area contributed by atoms with Crippen LogP contribution in [0.15, 0.2) is 52.0 Å². The number of aromatic nitrogens is 1. The van der Waals surface area contributed by atoms with Crippen molar-refractivity contribution in [2.45, 2.75) is 4.90 Å². The van der Waals surface area contributed by atoms with Gasteiger partial charge in [0.05, 0.1) is 7.11 Å². The molecule has 1 aromatic heterocycles. The number of sulfonamides is 1. The summed E-state index contributed by atoms with van der Waals surface area (Å²) in [5.74, 6) is -0.513. The van der Waals surface area contributed by atoms with E-state index in [1.54, 1.807) is 18.2 Å². The van der Waals surface area contributed by atoms with E-state index in [1.165, 1.54) is 31.5 Å². The van der Waals surface area contributed by atoms with Gasteiger partial charge in [0.1, 0.15) is 16.3 Å². The summed E-state index contributed by atoms with van der Waals surface area (Å²) in [6.07, 6.45) is 1.43. The second kappa shape index (κ2) is 6.86. The maximum Gasteiger partial charge on any atom is 0.284 e. The topological polar surface area (TPSA) is 97.4 Å². The van der Waals surface area contributed by atoms with E-state index in [0.717, 1.165) is 0 Å². The number of benzene rings is 1. The lowest BCUT2D eigenvalue weighted by atomic mass is 10.3. The van der Waals surface area contributed by atoms with Gasteiger partial charge in [-0.05, 0) is 30.3 Å². The second-order valence-electron chi connectivity index (χ2n) is 4.07. The average Bonchev–Trinajstić information content (AvgIpc) is 2.53. The Hall–Kier alpha value is -1.97. The first-order valence-electron chi connectivity index (χ1n) is 6.01. The Morgan fingerprint density at radius 2 is 2.05 bits per heavy atom. The number of hydrogen-bond donors (Lipinski definition) is 2. The van der Waals surface area contributed by atoms with Crippen molar-refractivity contribution in [3.63, 3.8) is 0 Å². The minimum absolute atomic E-state index is 0.0893. The van der Waals surface area contributed by atoms with Crippen molar-refractivity contribution in [3.05, 3.63) is 52.8 Å². The first-order valence-corrected chi connectivity index (χ1v) is 8.28. The molecule has 2 N–H and O–H groups in total. The van der Waals surface area contributed by atoms with Crippen LogP contribution >= 0.6 is 15.9 Å². The molecule has 0 fully saturated rings. The quantitative estimate of drug-likeness (QED) is 0.759. The van der Waals surface area contributed by atoms with E-state index < -0.39 is 15.9 Å². The zero-order chi connectivity index (χ0) is 16.2. The van der Waals surface area contributed by atoms with Gasteiger partial charge in [0.2, 0.25) is 0 Å². The van der Waals surface area contributed by atoms with Gasteiger partial charge in [-0.2, -0.15) is 0 Å². The summed E-state index contributed by atoms with van der Waals surface area (Å²) in [6.45, 7) is 0. The molecule has 1 heterocycles. The van der Waals surface area contributed by atoms with Gasteiger partial charge < -0.3 is 4.74 Å². The summed E-state index contributed by atoms with van der Waals surface area (Å²) >= 11 is 3.19. The van der Waals surface area contributed by atoms with Crippen LogP contribution in [0.5, 0.6) is 5.75 Å². The number of rotatable bonds is 5. The number of amides is 1. The summed E-state index contributed by atoms with van der Waals surface area (Å²) in [6, 6.07) is 9.24. The van der Waals surface area contributed by atoms with E-state index in [-0.39, 0.29) is 16.3 Å². The van der Waals surface area contributed by atoms with E-state index in [1.807, 2.05) is 4.83 Å². The number of hydrogen-bond acceptors (Lipinski definition) is 5. The number of nitrogens with one attached hydrogen (secondary N) is 2. The zero-order valence-electron chi connectivity index (χ0n) is 11.4. The van der Waals surface area contributed by atoms with Gasteiger partial charge in [0.15, 0.2) is 0 Å². The normalized spacial score (nSPS) is 11.0. The molecule has 0 atom stereocenters. The molecule has 0 aliphatic heterocycles. The molecule has 0 bridgehead atoms. The fourth-order valence-corrected chi connectivity index (χ4v) is 3.14. The summed E-state index contributed by atoms with van der Waals surface area (Å²) in [4.78, 5) is 17.5. The Kier molecular flexibility index (Phi) is 5.11. The minimum Gasteiger partial charge on any atom is -0.495 e. The molecule has 116 valence electrons. The number of pyridine rings is 1. The van der Waals surface area contributed by atoms with Gasteiger partial charge in [-0.1, -0.05) is 22.0 Å². The molecular weight excluding hydrogens is 374 g/mol. The Morgan fingerprint density at radius 1 is 1.27 bits per heavy atom. The zero-order valence-corrected chi connectivity index (χ0v) is 13.8. The van der Waals surface area contributed by atoms with E-state index in [4.69, 9.17) is 4.74 Å². The number of nitrogens with zero attached hydrogens (tertiary/aromatic N) is 1. The molecule has 0 aliphatic rings. The van der Waals surface area contributed by atoms with Crippen LogP contribution in [0.1, 0.15) is 10.5 Å². The Bertz CT molecular complexity index is 781. The lowest BCUT2D eigenvalue weighted by molar-refractivity contribution is 0.0940. The van der Waals surface area contributed by atoms with Gasteiger partial charge in [-0.15, -0.1) is 4.83 Å². The molecule has 1 aromatic carbocycles. The first-order chi connectivity index (χ1) is 10.4. The Balaban J connectivity index is 2.19. The first kappa shape index (κ1) is 16.4. The van der Waals surface area contributed by atoms with Crippen molar-refractivity contribution in [3.8, 4) is 5.75 Å². The highest BCUT2D eigenvalue weighted by Crippen LogP contribution is 2.26. The van der Waals surface area contributed by atoms with Crippen molar-refractivity contribution in [2.75, 3.05) is 7.11 Å². The molecule has 0 spiro atoms. The van der Waals surface area contributed by atoms with Crippen LogP contribution in [0.2, 0.25) is 0 Å². The molecule has 7 nitrogen and oxygen atoms in total. The predicted octanol–water partition coefficient (Wildman–Crippen LogP) is 1.48. The molecule has 1 amide bonds. The largest absolute Gasteiger partial charge is 0.495 e. The number of ether oxygens (including phenoxy) is 1. The molecule has 2 aromatic rings. The van der Waals surface area contributed by atoms with Crippen molar-refractivity contribution in [1.29, 1.82) is 0 Å². The highest BCUT2D eigenvalue weighted by Gasteiger charge is 2.21. The van der Waals surface area contributed by atoms with Gasteiger partial charge >= 0.3 is 0 Å². The molecule has 0 saturated carbocycles. The predicted molar refractivity (Wildman–Crippen MR) is 82.7 cm³/mol. The van der Waals surface area contributed by atoms with Crippen LogP contribution < -0.4 is 15.0 Å². The Morgan fingerprint density at radius 3 is 2.68 bits per heavy atom. The lowest BCUT2D eigenvalue weighted by Gasteiger charge is -2.11. The van der Waals surface area contributed by atoms with Crippen LogP contribution in [0, 0.1) is 0 Å². The third kappa shape index (κ3) is 3.81. The summed E-state index contributed by atoms with van der Waals surface area (Å²) in [5.41, 5.74) is 2.19. The van der Waals surface area contributed by atoms with Gasteiger partial charge in [-0.25, -0.2) is 8.42 Å². The van der Waals surface area contributed by atoms with Crippen LogP contribution in [0.4, 0.5) is 0 Å². The second-order valence-corrected chi connectivity index (χ2v) is 6.64. The standard InChI is InChI=1S/C13H12BrN3O4S/c1-21-11-6-5-9(14)8-12(11)22(19,20)17-16-13(18)10-4-2-3-7-15-10/h2-8,17H,1H3,(H,16,18). The number of methoxy groups -OCH3 is 1. The minimum atomic E-state index is -3.99.